The Hall–Kier alpha value is -3.82. The van der Waals surface area contributed by atoms with Crippen molar-refractivity contribution < 1.29 is 24.5 Å². The molecule has 0 atom stereocenters. The van der Waals surface area contributed by atoms with Crippen LogP contribution in [0.1, 0.15) is 10.4 Å². The maximum Gasteiger partial charge on any atom is 0.649 e. The zero-order valence-corrected chi connectivity index (χ0v) is 12.5. The molecule has 10 heteroatoms. The fourth-order valence-electron chi connectivity index (χ4n) is 2.21. The lowest BCUT2D eigenvalue weighted by Gasteiger charge is -2.26. The molecule has 2 aromatic carbocycles. The predicted molar refractivity (Wildman–Crippen MR) is 84.0 cm³/mol. The molecule has 0 fully saturated rings. The van der Waals surface area contributed by atoms with Crippen molar-refractivity contribution in [3.63, 3.8) is 0 Å². The van der Waals surface area contributed by atoms with E-state index in [4.69, 9.17) is 0 Å². The van der Waals surface area contributed by atoms with Crippen molar-refractivity contribution in [2.45, 2.75) is 5.79 Å². The van der Waals surface area contributed by atoms with Crippen LogP contribution in [0.2, 0.25) is 0 Å². The molecule has 10 nitrogen and oxygen atoms in total. The molecule has 0 aliphatic rings. The lowest BCUT2D eigenvalue weighted by Crippen LogP contribution is -2.67. The van der Waals surface area contributed by atoms with Gasteiger partial charge in [-0.2, -0.15) is 4.90 Å². The van der Waals surface area contributed by atoms with Crippen molar-refractivity contribution in [3.8, 4) is 0 Å². The second-order valence-electron chi connectivity index (χ2n) is 4.80. The number of carboxylic acids is 1. The highest BCUT2D eigenvalue weighted by Crippen LogP contribution is 2.28. The number of para-hydroxylation sites is 1. The number of hydrogen-bond donors (Lipinski definition) is 1. The molecule has 128 valence electrons. The molecular formula is C15H11N3O7. The van der Waals surface area contributed by atoms with E-state index in [0.29, 0.717) is 0 Å². The molecule has 0 bridgehead atoms. The van der Waals surface area contributed by atoms with E-state index >= 15 is 0 Å². The highest BCUT2D eigenvalue weighted by Gasteiger charge is 2.73. The first-order valence-corrected chi connectivity index (χ1v) is 6.80. The van der Waals surface area contributed by atoms with Crippen molar-refractivity contribution >= 4 is 17.6 Å². The van der Waals surface area contributed by atoms with Crippen molar-refractivity contribution in [2.24, 2.45) is 0 Å². The zero-order chi connectivity index (χ0) is 18.6. The van der Waals surface area contributed by atoms with Crippen LogP contribution in [-0.4, -0.2) is 32.6 Å². The molecule has 0 aromatic heterocycles. The zero-order valence-electron chi connectivity index (χ0n) is 12.5. The standard InChI is InChI=1S/C15H11N3O7/c19-13(11-7-3-1-4-8-11)16(12-9-5-2-6-10-12)15(14(20)21,17(22)23)18(24)25/h1-10H,(H,20,21). The Bertz CT molecular complexity index is 787. The van der Waals surface area contributed by atoms with E-state index in [1.165, 1.54) is 54.6 Å². The summed E-state index contributed by atoms with van der Waals surface area (Å²) in [5.74, 6) is -7.49. The number of rotatable bonds is 6. The van der Waals surface area contributed by atoms with E-state index in [2.05, 4.69) is 0 Å². The lowest BCUT2D eigenvalue weighted by atomic mass is 10.1. The Morgan fingerprint density at radius 2 is 1.32 bits per heavy atom. The number of amides is 1. The summed E-state index contributed by atoms with van der Waals surface area (Å²) in [7, 11) is 0. The third-order valence-corrected chi connectivity index (χ3v) is 3.35. The maximum absolute atomic E-state index is 12.8. The van der Waals surface area contributed by atoms with E-state index in [0.717, 1.165) is 0 Å². The number of aliphatic carboxylic acids is 1. The Morgan fingerprint density at radius 1 is 0.880 bits per heavy atom. The maximum atomic E-state index is 12.8. The second kappa shape index (κ2) is 6.74. The molecule has 1 amide bonds. The number of carboxylic acid groups (broad SMARTS) is 1. The number of nitrogens with zero attached hydrogens (tertiary/aromatic N) is 3. The average molecular weight is 345 g/mol. The van der Waals surface area contributed by atoms with Crippen LogP contribution >= 0.6 is 0 Å². The van der Waals surface area contributed by atoms with Gasteiger partial charge >= 0.3 is 11.8 Å². The molecule has 25 heavy (non-hydrogen) atoms. The highest BCUT2D eigenvalue weighted by atomic mass is 16.7. The summed E-state index contributed by atoms with van der Waals surface area (Å²) < 4.78 is 0. The molecule has 2 rings (SSSR count). The SMILES string of the molecule is O=C(c1ccccc1)N(c1ccccc1)C(C(=O)O)([N+](=O)[O-])[N+](=O)[O-]. The van der Waals surface area contributed by atoms with Crippen LogP contribution < -0.4 is 4.90 Å². The Morgan fingerprint density at radius 3 is 1.72 bits per heavy atom. The number of carbonyl (C=O) groups excluding carboxylic acids is 1. The van der Waals surface area contributed by atoms with Gasteiger partial charge in [-0.1, -0.05) is 36.4 Å². The Labute approximate surface area is 140 Å². The molecule has 0 heterocycles. The molecule has 1 N–H and O–H groups in total. The highest BCUT2D eigenvalue weighted by molar-refractivity contribution is 6.09. The van der Waals surface area contributed by atoms with Gasteiger partial charge in [0.05, 0.1) is 5.69 Å². The van der Waals surface area contributed by atoms with Crippen LogP contribution in [0.25, 0.3) is 0 Å². The van der Waals surface area contributed by atoms with Gasteiger partial charge in [0.1, 0.15) is 9.85 Å². The van der Waals surface area contributed by atoms with Gasteiger partial charge in [0.15, 0.2) is 0 Å². The molecule has 2 aromatic rings. The van der Waals surface area contributed by atoms with Crippen molar-refractivity contribution in [1.82, 2.24) is 0 Å². The van der Waals surface area contributed by atoms with Crippen molar-refractivity contribution in [2.75, 3.05) is 4.90 Å². The summed E-state index contributed by atoms with van der Waals surface area (Å²) in [6.07, 6.45) is 0. The van der Waals surface area contributed by atoms with Gasteiger partial charge in [0, 0.05) is 5.56 Å². The van der Waals surface area contributed by atoms with Gasteiger partial charge in [0.25, 0.3) is 5.91 Å². The summed E-state index contributed by atoms with van der Waals surface area (Å²) in [6, 6.07) is 13.6. The van der Waals surface area contributed by atoms with Gasteiger partial charge < -0.3 is 5.11 Å². The summed E-state index contributed by atoms with van der Waals surface area (Å²) >= 11 is 0. The normalized spacial score (nSPS) is 10.7. The summed E-state index contributed by atoms with van der Waals surface area (Å²) in [4.78, 5) is 44.1. The fraction of sp³-hybridized carbons (Fsp3) is 0.0667. The van der Waals surface area contributed by atoms with E-state index in [1.807, 2.05) is 0 Å². The largest absolute Gasteiger partial charge is 0.649 e. The van der Waals surface area contributed by atoms with Gasteiger partial charge in [-0.15, -0.1) is 0 Å². The van der Waals surface area contributed by atoms with E-state index < -0.39 is 27.5 Å². The molecular weight excluding hydrogens is 334 g/mol. The Balaban J connectivity index is 2.78. The van der Waals surface area contributed by atoms with Crippen LogP contribution in [0.3, 0.4) is 0 Å². The number of carbonyl (C=O) groups is 2. The first-order valence-electron chi connectivity index (χ1n) is 6.80. The average Bonchev–Trinajstić information content (AvgIpc) is 2.59. The van der Waals surface area contributed by atoms with E-state index in [-0.39, 0.29) is 16.2 Å². The minimum absolute atomic E-state index is 0.0602. The van der Waals surface area contributed by atoms with Crippen LogP contribution in [0.4, 0.5) is 5.69 Å². The lowest BCUT2D eigenvalue weighted by molar-refractivity contribution is -0.774. The third kappa shape index (κ3) is 2.87. The van der Waals surface area contributed by atoms with Crippen LogP contribution in [0.15, 0.2) is 60.7 Å². The molecule has 0 saturated heterocycles. The first kappa shape index (κ1) is 17.5. The predicted octanol–water partition coefficient (Wildman–Crippen LogP) is 1.63. The summed E-state index contributed by atoms with van der Waals surface area (Å²) in [5, 5.41) is 32.2. The molecule has 0 spiro atoms. The van der Waals surface area contributed by atoms with Gasteiger partial charge in [-0.05, 0) is 24.3 Å². The van der Waals surface area contributed by atoms with Gasteiger partial charge in [-0.25, -0.2) is 4.79 Å². The molecule has 0 aliphatic carbocycles. The number of anilines is 1. The Kier molecular flexibility index (Phi) is 4.73. The monoisotopic (exact) mass is 345 g/mol. The molecule has 0 aliphatic heterocycles. The number of hydrogen-bond acceptors (Lipinski definition) is 6. The second-order valence-corrected chi connectivity index (χ2v) is 4.80. The summed E-state index contributed by atoms with van der Waals surface area (Å²) in [6.45, 7) is 0. The first-order chi connectivity index (χ1) is 11.8. The van der Waals surface area contributed by atoms with E-state index in [9.17, 15) is 34.9 Å². The number of nitro groups is 2. The fourth-order valence-corrected chi connectivity index (χ4v) is 2.21. The minimum Gasteiger partial charge on any atom is -0.469 e. The molecule has 0 unspecified atom stereocenters. The van der Waals surface area contributed by atoms with Crippen LogP contribution in [-0.2, 0) is 4.79 Å². The quantitative estimate of drug-likeness (QED) is 0.476. The minimum atomic E-state index is -3.91. The molecule has 0 radical (unpaired) electrons. The molecule has 0 saturated carbocycles. The van der Waals surface area contributed by atoms with Gasteiger partial charge in [-0.3, -0.25) is 25.0 Å². The van der Waals surface area contributed by atoms with E-state index in [1.54, 1.807) is 6.07 Å². The summed E-state index contributed by atoms with van der Waals surface area (Å²) in [5.41, 5.74) is -0.437. The van der Waals surface area contributed by atoms with Gasteiger partial charge in [0.2, 0.25) is 0 Å². The van der Waals surface area contributed by atoms with Crippen LogP contribution in [0, 0.1) is 20.2 Å². The van der Waals surface area contributed by atoms with Crippen molar-refractivity contribution in [1.29, 1.82) is 0 Å². The third-order valence-electron chi connectivity index (χ3n) is 3.35. The topological polar surface area (TPSA) is 144 Å². The number of benzene rings is 2. The van der Waals surface area contributed by atoms with Crippen LogP contribution in [0.5, 0.6) is 0 Å². The van der Waals surface area contributed by atoms with Crippen molar-refractivity contribution in [3.05, 3.63) is 86.5 Å². The smallest absolute Gasteiger partial charge is 0.469 e.